The highest BCUT2D eigenvalue weighted by molar-refractivity contribution is 6.31. The van der Waals surface area contributed by atoms with Crippen LogP contribution in [0.4, 0.5) is 0 Å². The van der Waals surface area contributed by atoms with Crippen molar-refractivity contribution in [2.24, 2.45) is 0 Å². The topological polar surface area (TPSA) is 30.5 Å². The maximum Gasteiger partial charge on any atom is 0.163 e. The highest BCUT2D eigenvalue weighted by atomic mass is 35.5. The molecule has 136 valence electrons. The summed E-state index contributed by atoms with van der Waals surface area (Å²) in [6, 6.07) is 12.2. The third kappa shape index (κ3) is 6.26. The van der Waals surface area contributed by atoms with Crippen molar-refractivity contribution >= 4 is 11.6 Å². The molecule has 0 aliphatic rings. The van der Waals surface area contributed by atoms with Gasteiger partial charge in [0.15, 0.2) is 11.5 Å². The van der Waals surface area contributed by atoms with Crippen LogP contribution in [-0.2, 0) is 13.2 Å². The van der Waals surface area contributed by atoms with E-state index < -0.39 is 0 Å². The number of unbranched alkanes of at least 4 members (excludes halogenated alkanes) is 1. The van der Waals surface area contributed by atoms with Gasteiger partial charge in [0.25, 0.3) is 0 Å². The van der Waals surface area contributed by atoms with Crippen molar-refractivity contribution in [2.45, 2.75) is 46.8 Å². The Morgan fingerprint density at radius 3 is 2.40 bits per heavy atom. The molecular formula is C21H28ClNO2. The second-order valence-corrected chi connectivity index (χ2v) is 6.54. The van der Waals surface area contributed by atoms with Crippen molar-refractivity contribution in [3.8, 4) is 11.5 Å². The Morgan fingerprint density at radius 2 is 1.72 bits per heavy atom. The van der Waals surface area contributed by atoms with Crippen LogP contribution in [0.5, 0.6) is 11.5 Å². The molecule has 2 rings (SSSR count). The molecule has 0 bridgehead atoms. The molecule has 0 saturated heterocycles. The summed E-state index contributed by atoms with van der Waals surface area (Å²) in [5, 5.41) is 4.11. The summed E-state index contributed by atoms with van der Waals surface area (Å²) in [6.07, 6.45) is 2.34. The molecule has 1 N–H and O–H groups in total. The highest BCUT2D eigenvalue weighted by Crippen LogP contribution is 2.34. The van der Waals surface area contributed by atoms with Gasteiger partial charge in [-0.25, -0.2) is 0 Å². The lowest BCUT2D eigenvalue weighted by Crippen LogP contribution is -2.15. The molecule has 0 aromatic heterocycles. The van der Waals surface area contributed by atoms with E-state index in [0.717, 1.165) is 36.4 Å². The molecule has 0 heterocycles. The van der Waals surface area contributed by atoms with Crippen molar-refractivity contribution in [1.29, 1.82) is 0 Å². The van der Waals surface area contributed by atoms with Gasteiger partial charge in [0.1, 0.15) is 6.61 Å². The molecule has 0 spiro atoms. The fraction of sp³-hybridized carbons (Fsp3) is 0.429. The number of ether oxygens (including phenoxy) is 2. The average Bonchev–Trinajstić information content (AvgIpc) is 2.61. The van der Waals surface area contributed by atoms with Crippen LogP contribution in [-0.4, -0.2) is 13.2 Å². The summed E-state index contributed by atoms with van der Waals surface area (Å²) in [5.41, 5.74) is 3.39. The zero-order chi connectivity index (χ0) is 18.1. The summed E-state index contributed by atoms with van der Waals surface area (Å²) in [7, 11) is 0. The number of hydrogen-bond donors (Lipinski definition) is 1. The van der Waals surface area contributed by atoms with Gasteiger partial charge in [-0.05, 0) is 44.0 Å². The molecule has 0 saturated carbocycles. The maximum absolute atomic E-state index is 6.44. The quantitative estimate of drug-likeness (QED) is 0.565. The lowest BCUT2D eigenvalue weighted by molar-refractivity contribution is 0.269. The Hall–Kier alpha value is -1.71. The van der Waals surface area contributed by atoms with Crippen LogP contribution in [0.1, 0.15) is 43.4 Å². The lowest BCUT2D eigenvalue weighted by atomic mass is 10.1. The van der Waals surface area contributed by atoms with Crippen molar-refractivity contribution in [1.82, 2.24) is 5.32 Å². The standard InChI is InChI=1S/C21H28ClNO2/c1-4-6-11-23-14-18-12-20(24-5-2)21(13-19(18)22)25-15-17-9-7-16(3)8-10-17/h7-10,12-13,23H,4-6,11,14-15H2,1-3H3. The van der Waals surface area contributed by atoms with Crippen LogP contribution in [0.15, 0.2) is 36.4 Å². The number of benzene rings is 2. The van der Waals surface area contributed by atoms with Gasteiger partial charge < -0.3 is 14.8 Å². The summed E-state index contributed by atoms with van der Waals surface area (Å²) in [4.78, 5) is 0. The Bertz CT molecular complexity index is 656. The minimum Gasteiger partial charge on any atom is -0.490 e. The Balaban J connectivity index is 2.07. The fourth-order valence-corrected chi connectivity index (χ4v) is 2.68. The molecule has 2 aromatic rings. The normalized spacial score (nSPS) is 10.7. The van der Waals surface area contributed by atoms with Crippen molar-refractivity contribution in [3.05, 3.63) is 58.1 Å². The van der Waals surface area contributed by atoms with Crippen LogP contribution < -0.4 is 14.8 Å². The maximum atomic E-state index is 6.44. The molecule has 0 amide bonds. The van der Waals surface area contributed by atoms with E-state index in [1.54, 1.807) is 0 Å². The first-order valence-corrected chi connectivity index (χ1v) is 9.36. The van der Waals surface area contributed by atoms with E-state index in [9.17, 15) is 0 Å². The number of nitrogens with one attached hydrogen (secondary N) is 1. The van der Waals surface area contributed by atoms with Gasteiger partial charge in [0.05, 0.1) is 6.61 Å². The molecule has 25 heavy (non-hydrogen) atoms. The first kappa shape index (κ1) is 19.6. The largest absolute Gasteiger partial charge is 0.490 e. The molecule has 0 fully saturated rings. The average molecular weight is 362 g/mol. The van der Waals surface area contributed by atoms with Crippen molar-refractivity contribution in [2.75, 3.05) is 13.2 Å². The molecule has 0 aliphatic heterocycles. The van der Waals surface area contributed by atoms with Crippen molar-refractivity contribution in [3.63, 3.8) is 0 Å². The third-order valence-electron chi connectivity index (χ3n) is 3.95. The predicted molar refractivity (Wildman–Crippen MR) is 105 cm³/mol. The number of hydrogen-bond acceptors (Lipinski definition) is 3. The Kier molecular flexibility index (Phi) is 8.10. The smallest absolute Gasteiger partial charge is 0.163 e. The number of halogens is 1. The SMILES string of the molecule is CCCCNCc1cc(OCC)c(OCc2ccc(C)cc2)cc1Cl. The zero-order valence-corrected chi connectivity index (χ0v) is 16.2. The zero-order valence-electron chi connectivity index (χ0n) is 15.4. The van der Waals surface area contributed by atoms with Gasteiger partial charge in [-0.2, -0.15) is 0 Å². The van der Waals surface area contributed by atoms with E-state index >= 15 is 0 Å². The summed E-state index contributed by atoms with van der Waals surface area (Å²) < 4.78 is 11.7. The van der Waals surface area contributed by atoms with Gasteiger partial charge in [0.2, 0.25) is 0 Å². The molecule has 0 aliphatic carbocycles. The minimum absolute atomic E-state index is 0.491. The minimum atomic E-state index is 0.491. The van der Waals surface area contributed by atoms with Gasteiger partial charge in [-0.3, -0.25) is 0 Å². The van der Waals surface area contributed by atoms with E-state index in [-0.39, 0.29) is 0 Å². The van der Waals surface area contributed by atoms with Crippen LogP contribution >= 0.6 is 11.6 Å². The third-order valence-corrected chi connectivity index (χ3v) is 4.30. The molecule has 4 heteroatoms. The van der Waals surface area contributed by atoms with E-state index in [4.69, 9.17) is 21.1 Å². The summed E-state index contributed by atoms with van der Waals surface area (Å²) in [5.74, 6) is 1.43. The van der Waals surface area contributed by atoms with Gasteiger partial charge in [-0.15, -0.1) is 0 Å². The van der Waals surface area contributed by atoms with Gasteiger partial charge in [-0.1, -0.05) is 54.8 Å². The monoisotopic (exact) mass is 361 g/mol. The molecular weight excluding hydrogens is 334 g/mol. The van der Waals surface area contributed by atoms with E-state index in [1.165, 1.54) is 12.0 Å². The molecule has 0 radical (unpaired) electrons. The predicted octanol–water partition coefficient (Wildman–Crippen LogP) is 5.52. The van der Waals surface area contributed by atoms with Crippen LogP contribution in [0.2, 0.25) is 5.02 Å². The van der Waals surface area contributed by atoms with Crippen LogP contribution in [0, 0.1) is 6.92 Å². The molecule has 3 nitrogen and oxygen atoms in total. The number of rotatable bonds is 10. The molecule has 2 aromatic carbocycles. The van der Waals surface area contributed by atoms with E-state index in [1.807, 2.05) is 19.1 Å². The highest BCUT2D eigenvalue weighted by Gasteiger charge is 2.11. The first-order valence-electron chi connectivity index (χ1n) is 8.98. The van der Waals surface area contributed by atoms with Crippen molar-refractivity contribution < 1.29 is 9.47 Å². The fourth-order valence-electron chi connectivity index (χ4n) is 2.46. The van der Waals surface area contributed by atoms with Crippen LogP contribution in [0.25, 0.3) is 0 Å². The summed E-state index contributed by atoms with van der Waals surface area (Å²) in [6.45, 7) is 9.03. The Labute approximate surface area is 156 Å². The molecule has 0 unspecified atom stereocenters. The second kappa shape index (κ2) is 10.3. The molecule has 0 atom stereocenters. The van der Waals surface area contributed by atoms with Gasteiger partial charge >= 0.3 is 0 Å². The number of aryl methyl sites for hydroxylation is 1. The lowest BCUT2D eigenvalue weighted by Gasteiger charge is -2.15. The summed E-state index contributed by atoms with van der Waals surface area (Å²) >= 11 is 6.44. The van der Waals surface area contributed by atoms with E-state index in [0.29, 0.717) is 24.0 Å². The second-order valence-electron chi connectivity index (χ2n) is 6.13. The van der Waals surface area contributed by atoms with E-state index in [2.05, 4.69) is 43.4 Å². The van der Waals surface area contributed by atoms with Gasteiger partial charge in [0, 0.05) is 17.6 Å². The first-order chi connectivity index (χ1) is 12.1. The Morgan fingerprint density at radius 1 is 1.00 bits per heavy atom. The van der Waals surface area contributed by atoms with Crippen LogP contribution in [0.3, 0.4) is 0 Å².